The summed E-state index contributed by atoms with van der Waals surface area (Å²) in [5.74, 6) is 1.65. The summed E-state index contributed by atoms with van der Waals surface area (Å²) in [5, 5.41) is 0. The van der Waals surface area contributed by atoms with E-state index in [9.17, 15) is 4.79 Å². The summed E-state index contributed by atoms with van der Waals surface area (Å²) in [4.78, 5) is 27.6. The number of unbranched alkanes of at least 4 members (excludes halogenated alkanes) is 4. The third kappa shape index (κ3) is 5.77. The zero-order valence-electron chi connectivity index (χ0n) is 20.5. The fourth-order valence-corrected chi connectivity index (χ4v) is 4.94. The number of fused-ring (bicyclic) bond motifs is 2. The highest BCUT2D eigenvalue weighted by Crippen LogP contribution is 2.38. The van der Waals surface area contributed by atoms with Gasteiger partial charge in [-0.1, -0.05) is 32.6 Å². The SMILES string of the molecule is CCCCCCCOC(=O)N1C2CCC1CC(Oc1ncnc(Oc3cccnc3C)c1C)C2. The van der Waals surface area contributed by atoms with Crippen molar-refractivity contribution >= 4 is 6.09 Å². The van der Waals surface area contributed by atoms with E-state index in [0.29, 0.717) is 24.1 Å². The van der Waals surface area contributed by atoms with E-state index in [1.54, 1.807) is 6.20 Å². The zero-order valence-corrected chi connectivity index (χ0v) is 20.5. The second-order valence-electron chi connectivity index (χ2n) is 9.33. The number of nitrogens with zero attached hydrogens (tertiary/aromatic N) is 4. The van der Waals surface area contributed by atoms with Crippen LogP contribution in [0.1, 0.15) is 76.0 Å². The van der Waals surface area contributed by atoms with E-state index >= 15 is 0 Å². The van der Waals surface area contributed by atoms with Gasteiger partial charge in [0.05, 0.1) is 17.9 Å². The van der Waals surface area contributed by atoms with Gasteiger partial charge in [0.2, 0.25) is 11.8 Å². The summed E-state index contributed by atoms with van der Waals surface area (Å²) in [6, 6.07) is 4.01. The van der Waals surface area contributed by atoms with Crippen LogP contribution in [0.15, 0.2) is 24.7 Å². The maximum absolute atomic E-state index is 12.7. The maximum Gasteiger partial charge on any atom is 0.410 e. The molecule has 2 aromatic heterocycles. The van der Waals surface area contributed by atoms with Crippen molar-refractivity contribution in [2.75, 3.05) is 6.61 Å². The molecule has 0 spiro atoms. The summed E-state index contributed by atoms with van der Waals surface area (Å²) < 4.78 is 17.9. The Morgan fingerprint density at radius 3 is 2.50 bits per heavy atom. The molecular weight excluding hydrogens is 432 g/mol. The van der Waals surface area contributed by atoms with Gasteiger partial charge < -0.3 is 19.1 Å². The van der Waals surface area contributed by atoms with E-state index in [1.165, 1.54) is 25.6 Å². The second kappa shape index (κ2) is 11.5. The van der Waals surface area contributed by atoms with Crippen LogP contribution >= 0.6 is 0 Å². The van der Waals surface area contributed by atoms with Gasteiger partial charge in [0.1, 0.15) is 12.4 Å². The number of amides is 1. The molecule has 8 nitrogen and oxygen atoms in total. The molecule has 2 saturated heterocycles. The third-order valence-corrected chi connectivity index (χ3v) is 6.81. The van der Waals surface area contributed by atoms with Crippen molar-refractivity contribution in [3.8, 4) is 17.5 Å². The highest BCUT2D eigenvalue weighted by molar-refractivity contribution is 5.69. The van der Waals surface area contributed by atoms with Gasteiger partial charge in [-0.25, -0.2) is 14.8 Å². The first-order valence-corrected chi connectivity index (χ1v) is 12.6. The topological polar surface area (TPSA) is 86.7 Å². The van der Waals surface area contributed by atoms with Gasteiger partial charge in [-0.3, -0.25) is 4.98 Å². The Hall–Kier alpha value is -2.90. The summed E-state index contributed by atoms with van der Waals surface area (Å²) in [5.41, 5.74) is 1.54. The van der Waals surface area contributed by atoms with E-state index in [1.807, 2.05) is 30.9 Å². The average Bonchev–Trinajstić information content (AvgIpc) is 3.10. The smallest absolute Gasteiger partial charge is 0.410 e. The Balaban J connectivity index is 1.32. The molecule has 0 aliphatic carbocycles. The fourth-order valence-electron chi connectivity index (χ4n) is 4.94. The largest absolute Gasteiger partial charge is 0.474 e. The van der Waals surface area contributed by atoms with Gasteiger partial charge in [-0.05, 0) is 45.2 Å². The molecule has 0 N–H and O–H groups in total. The van der Waals surface area contributed by atoms with Gasteiger partial charge in [0, 0.05) is 31.1 Å². The number of piperidine rings is 1. The average molecular weight is 469 g/mol. The number of rotatable bonds is 10. The van der Waals surface area contributed by atoms with E-state index < -0.39 is 0 Å². The minimum atomic E-state index is -0.165. The first-order valence-electron chi connectivity index (χ1n) is 12.6. The Kier molecular flexibility index (Phi) is 8.19. The van der Waals surface area contributed by atoms with Crippen LogP contribution in [0, 0.1) is 13.8 Å². The molecule has 2 aliphatic heterocycles. The number of carbonyl (C=O) groups excluding carboxylic acids is 1. The Morgan fingerprint density at radius 2 is 1.76 bits per heavy atom. The van der Waals surface area contributed by atoms with Gasteiger partial charge in [0.25, 0.3) is 0 Å². The van der Waals surface area contributed by atoms with Crippen molar-refractivity contribution in [3.63, 3.8) is 0 Å². The van der Waals surface area contributed by atoms with E-state index in [4.69, 9.17) is 14.2 Å². The van der Waals surface area contributed by atoms with Crippen molar-refractivity contribution in [2.45, 2.75) is 96.7 Å². The Labute approximate surface area is 202 Å². The molecule has 2 fully saturated rings. The highest BCUT2D eigenvalue weighted by Gasteiger charge is 2.45. The van der Waals surface area contributed by atoms with Crippen molar-refractivity contribution < 1.29 is 19.0 Å². The minimum absolute atomic E-state index is 0.00262. The molecule has 0 aromatic carbocycles. The number of carbonyl (C=O) groups is 1. The number of aromatic nitrogens is 3. The van der Waals surface area contributed by atoms with E-state index in [0.717, 1.165) is 49.8 Å². The number of aryl methyl sites for hydroxylation is 1. The molecule has 184 valence electrons. The van der Waals surface area contributed by atoms with Crippen LogP contribution in [0.5, 0.6) is 17.5 Å². The Bertz CT molecular complexity index is 956. The monoisotopic (exact) mass is 468 g/mol. The van der Waals surface area contributed by atoms with E-state index in [-0.39, 0.29) is 24.3 Å². The number of hydrogen-bond donors (Lipinski definition) is 0. The second-order valence-corrected chi connectivity index (χ2v) is 9.33. The van der Waals surface area contributed by atoms with E-state index in [2.05, 4.69) is 21.9 Å². The summed E-state index contributed by atoms with van der Waals surface area (Å²) in [6.45, 7) is 6.51. The molecular formula is C26H36N4O4. The molecule has 1 amide bonds. The van der Waals surface area contributed by atoms with Crippen molar-refractivity contribution in [1.29, 1.82) is 0 Å². The minimum Gasteiger partial charge on any atom is -0.474 e. The van der Waals surface area contributed by atoms with Crippen LogP contribution in [0.25, 0.3) is 0 Å². The van der Waals surface area contributed by atoms with Crippen LogP contribution < -0.4 is 9.47 Å². The van der Waals surface area contributed by atoms with Crippen LogP contribution in [-0.4, -0.2) is 50.7 Å². The molecule has 2 aliphatic rings. The zero-order chi connectivity index (χ0) is 23.9. The van der Waals surface area contributed by atoms with Crippen molar-refractivity contribution in [1.82, 2.24) is 19.9 Å². The van der Waals surface area contributed by atoms with Crippen LogP contribution in [-0.2, 0) is 4.74 Å². The summed E-state index contributed by atoms with van der Waals surface area (Å²) in [6.07, 6.45) is 12.3. The number of ether oxygens (including phenoxy) is 3. The lowest BCUT2D eigenvalue weighted by atomic mass is 10.0. The summed E-state index contributed by atoms with van der Waals surface area (Å²) in [7, 11) is 0. The molecule has 4 heterocycles. The molecule has 34 heavy (non-hydrogen) atoms. The molecule has 4 rings (SSSR count). The first kappa shape index (κ1) is 24.2. The van der Waals surface area contributed by atoms with Gasteiger partial charge in [-0.2, -0.15) is 0 Å². The number of pyridine rings is 1. The van der Waals surface area contributed by atoms with Gasteiger partial charge >= 0.3 is 6.09 Å². The lowest BCUT2D eigenvalue weighted by molar-refractivity contribution is 0.0311. The van der Waals surface area contributed by atoms with Crippen molar-refractivity contribution in [2.24, 2.45) is 0 Å². The first-order chi connectivity index (χ1) is 16.6. The molecule has 8 heteroatoms. The van der Waals surface area contributed by atoms with Crippen molar-refractivity contribution in [3.05, 3.63) is 35.9 Å². The lowest BCUT2D eigenvalue weighted by Crippen LogP contribution is -2.49. The van der Waals surface area contributed by atoms with Crippen LogP contribution in [0.3, 0.4) is 0 Å². The van der Waals surface area contributed by atoms with Gasteiger partial charge in [0.15, 0.2) is 5.75 Å². The quantitative estimate of drug-likeness (QED) is 0.410. The van der Waals surface area contributed by atoms with Gasteiger partial charge in [-0.15, -0.1) is 0 Å². The molecule has 2 aromatic rings. The predicted octanol–water partition coefficient (Wildman–Crippen LogP) is 5.76. The molecule has 2 atom stereocenters. The van der Waals surface area contributed by atoms with Crippen LogP contribution in [0.4, 0.5) is 4.79 Å². The molecule has 2 bridgehead atoms. The van der Waals surface area contributed by atoms with Crippen LogP contribution in [0.2, 0.25) is 0 Å². The Morgan fingerprint density at radius 1 is 1.03 bits per heavy atom. The maximum atomic E-state index is 12.7. The molecule has 0 saturated carbocycles. The third-order valence-electron chi connectivity index (χ3n) is 6.81. The lowest BCUT2D eigenvalue weighted by Gasteiger charge is -2.38. The number of hydrogen-bond acceptors (Lipinski definition) is 7. The molecule has 0 radical (unpaired) electrons. The highest BCUT2D eigenvalue weighted by atomic mass is 16.6. The standard InChI is InChI=1S/C26H36N4O4/c1-4-5-6-7-8-14-32-26(31)30-20-11-12-21(30)16-22(15-20)33-24-18(2)25(29-17-28-24)34-23-10-9-13-27-19(23)3/h9-10,13,17,20-22H,4-8,11-12,14-16H2,1-3H3. The molecule has 2 unspecified atom stereocenters. The fraction of sp³-hybridized carbons (Fsp3) is 0.615. The summed E-state index contributed by atoms with van der Waals surface area (Å²) >= 11 is 0. The normalized spacial score (nSPS) is 21.4. The predicted molar refractivity (Wildman–Crippen MR) is 128 cm³/mol.